The van der Waals surface area contributed by atoms with Crippen molar-refractivity contribution in [1.82, 2.24) is 9.80 Å². The summed E-state index contributed by atoms with van der Waals surface area (Å²) in [5.41, 5.74) is 1.82. The van der Waals surface area contributed by atoms with Crippen molar-refractivity contribution in [2.24, 2.45) is 5.92 Å². The smallest absolute Gasteiger partial charge is 0.227 e. The van der Waals surface area contributed by atoms with E-state index < -0.39 is 0 Å². The Balaban J connectivity index is 1.32. The van der Waals surface area contributed by atoms with Crippen molar-refractivity contribution < 1.29 is 13.9 Å². The highest BCUT2D eigenvalue weighted by Gasteiger charge is 2.27. The SMILES string of the molecule is O=C(Cc1ccccc1)N(CC1CCN(Cc2ccccc2F)CC1)C[C@H]1CCCO1. The van der Waals surface area contributed by atoms with Gasteiger partial charge in [0.25, 0.3) is 0 Å². The molecule has 2 fully saturated rings. The van der Waals surface area contributed by atoms with E-state index in [4.69, 9.17) is 4.74 Å². The Labute approximate surface area is 185 Å². The highest BCUT2D eigenvalue weighted by atomic mass is 19.1. The number of amides is 1. The Bertz CT molecular complexity index is 830. The van der Waals surface area contributed by atoms with Gasteiger partial charge in [-0.2, -0.15) is 0 Å². The minimum Gasteiger partial charge on any atom is -0.376 e. The van der Waals surface area contributed by atoms with Gasteiger partial charge >= 0.3 is 0 Å². The molecule has 2 saturated heterocycles. The van der Waals surface area contributed by atoms with Crippen LogP contribution in [0.3, 0.4) is 0 Å². The van der Waals surface area contributed by atoms with Gasteiger partial charge in [0.05, 0.1) is 12.5 Å². The van der Waals surface area contributed by atoms with Crippen molar-refractivity contribution in [2.75, 3.05) is 32.8 Å². The average molecular weight is 425 g/mol. The van der Waals surface area contributed by atoms with Crippen LogP contribution >= 0.6 is 0 Å². The summed E-state index contributed by atoms with van der Waals surface area (Å²) in [6.45, 7) is 4.84. The zero-order valence-corrected chi connectivity index (χ0v) is 18.2. The lowest BCUT2D eigenvalue weighted by Gasteiger charge is -2.35. The number of piperidine rings is 1. The summed E-state index contributed by atoms with van der Waals surface area (Å²) >= 11 is 0. The molecule has 5 heteroatoms. The minimum absolute atomic E-state index is 0.126. The zero-order chi connectivity index (χ0) is 21.5. The number of halogens is 1. The predicted molar refractivity (Wildman–Crippen MR) is 120 cm³/mol. The van der Waals surface area contributed by atoms with Crippen LogP contribution in [-0.4, -0.2) is 54.6 Å². The summed E-state index contributed by atoms with van der Waals surface area (Å²) in [6.07, 6.45) is 4.81. The molecule has 0 aromatic heterocycles. The third-order valence-corrected chi connectivity index (χ3v) is 6.54. The molecule has 2 aliphatic rings. The lowest BCUT2D eigenvalue weighted by molar-refractivity contribution is -0.133. The van der Waals surface area contributed by atoms with Crippen molar-refractivity contribution in [3.05, 3.63) is 71.5 Å². The van der Waals surface area contributed by atoms with Crippen molar-refractivity contribution in [3.8, 4) is 0 Å². The number of hydrogen-bond acceptors (Lipinski definition) is 3. The summed E-state index contributed by atoms with van der Waals surface area (Å²) in [4.78, 5) is 17.5. The summed E-state index contributed by atoms with van der Waals surface area (Å²) < 4.78 is 19.8. The van der Waals surface area contributed by atoms with E-state index in [1.54, 1.807) is 6.07 Å². The van der Waals surface area contributed by atoms with Gasteiger partial charge in [-0.3, -0.25) is 9.69 Å². The second-order valence-electron chi connectivity index (χ2n) is 8.91. The molecule has 0 bridgehead atoms. The molecule has 0 N–H and O–H groups in total. The fourth-order valence-corrected chi connectivity index (χ4v) is 4.70. The van der Waals surface area contributed by atoms with Crippen LogP contribution in [0.15, 0.2) is 54.6 Å². The van der Waals surface area contributed by atoms with Gasteiger partial charge in [-0.15, -0.1) is 0 Å². The van der Waals surface area contributed by atoms with E-state index in [-0.39, 0.29) is 17.8 Å². The topological polar surface area (TPSA) is 32.8 Å². The van der Waals surface area contributed by atoms with Crippen molar-refractivity contribution in [3.63, 3.8) is 0 Å². The minimum atomic E-state index is -0.126. The molecule has 0 saturated carbocycles. The van der Waals surface area contributed by atoms with Gasteiger partial charge in [0.2, 0.25) is 5.91 Å². The summed E-state index contributed by atoms with van der Waals surface area (Å²) in [5.74, 6) is 0.548. The molecule has 2 aliphatic heterocycles. The second kappa shape index (κ2) is 10.9. The molecule has 2 heterocycles. The number of nitrogens with zero attached hydrogens (tertiary/aromatic N) is 2. The Morgan fingerprint density at radius 2 is 1.74 bits per heavy atom. The fourth-order valence-electron chi connectivity index (χ4n) is 4.70. The van der Waals surface area contributed by atoms with Crippen LogP contribution in [0.1, 0.15) is 36.8 Å². The van der Waals surface area contributed by atoms with Gasteiger partial charge < -0.3 is 9.64 Å². The normalized spacial score (nSPS) is 20.1. The first kappa shape index (κ1) is 22.0. The Kier molecular flexibility index (Phi) is 7.71. The maximum Gasteiger partial charge on any atom is 0.227 e. The molecule has 1 atom stereocenters. The Morgan fingerprint density at radius 3 is 2.45 bits per heavy atom. The quantitative estimate of drug-likeness (QED) is 0.634. The predicted octanol–water partition coefficient (Wildman–Crippen LogP) is 4.29. The van der Waals surface area contributed by atoms with Gasteiger partial charge in [-0.1, -0.05) is 48.5 Å². The highest BCUT2D eigenvalue weighted by Crippen LogP contribution is 2.23. The second-order valence-corrected chi connectivity index (χ2v) is 8.91. The third-order valence-electron chi connectivity index (χ3n) is 6.54. The van der Waals surface area contributed by atoms with E-state index in [0.717, 1.165) is 63.1 Å². The first-order valence-electron chi connectivity index (χ1n) is 11.6. The molecule has 2 aromatic rings. The maximum absolute atomic E-state index is 14.0. The fraction of sp³-hybridized carbons (Fsp3) is 0.500. The Hall–Kier alpha value is -2.24. The van der Waals surface area contributed by atoms with Crippen LogP contribution in [0.2, 0.25) is 0 Å². The third kappa shape index (κ3) is 6.37. The van der Waals surface area contributed by atoms with E-state index in [2.05, 4.69) is 4.90 Å². The highest BCUT2D eigenvalue weighted by molar-refractivity contribution is 5.78. The van der Waals surface area contributed by atoms with Gasteiger partial charge in [-0.05, 0) is 56.3 Å². The van der Waals surface area contributed by atoms with E-state index >= 15 is 0 Å². The van der Waals surface area contributed by atoms with Crippen LogP contribution in [0.5, 0.6) is 0 Å². The lowest BCUT2D eigenvalue weighted by atomic mass is 9.95. The maximum atomic E-state index is 14.0. The summed E-state index contributed by atoms with van der Waals surface area (Å²) in [6, 6.07) is 17.0. The lowest BCUT2D eigenvalue weighted by Crippen LogP contribution is -2.44. The largest absolute Gasteiger partial charge is 0.376 e. The van der Waals surface area contributed by atoms with Crippen LogP contribution in [0.4, 0.5) is 4.39 Å². The van der Waals surface area contributed by atoms with E-state index in [0.29, 0.717) is 25.4 Å². The number of rotatable bonds is 8. The van der Waals surface area contributed by atoms with Gasteiger partial charge in [0.15, 0.2) is 0 Å². The van der Waals surface area contributed by atoms with E-state index in [1.165, 1.54) is 6.07 Å². The van der Waals surface area contributed by atoms with Crippen LogP contribution in [-0.2, 0) is 22.5 Å². The Morgan fingerprint density at radius 1 is 1.00 bits per heavy atom. The van der Waals surface area contributed by atoms with Gasteiger partial charge in [0, 0.05) is 31.8 Å². The number of benzene rings is 2. The van der Waals surface area contributed by atoms with Crippen LogP contribution in [0.25, 0.3) is 0 Å². The number of hydrogen-bond donors (Lipinski definition) is 0. The summed E-state index contributed by atoms with van der Waals surface area (Å²) in [7, 11) is 0. The summed E-state index contributed by atoms with van der Waals surface area (Å²) in [5, 5.41) is 0. The van der Waals surface area contributed by atoms with Crippen LogP contribution < -0.4 is 0 Å². The standard InChI is InChI=1S/C26H33FN2O2/c27-25-11-5-4-9-23(25)19-28-14-12-22(13-15-28)18-29(20-24-10-6-16-31-24)26(30)17-21-7-2-1-3-8-21/h1-5,7-9,11,22,24H,6,10,12-20H2/t24-/m1/s1. The van der Waals surface area contributed by atoms with E-state index in [1.807, 2.05) is 47.4 Å². The van der Waals surface area contributed by atoms with Crippen molar-refractivity contribution in [2.45, 2.75) is 44.8 Å². The molecule has 1 amide bonds. The molecule has 0 spiro atoms. The molecular weight excluding hydrogens is 391 g/mol. The van der Waals surface area contributed by atoms with Crippen molar-refractivity contribution in [1.29, 1.82) is 0 Å². The first-order chi connectivity index (χ1) is 15.2. The number of likely N-dealkylation sites (tertiary alicyclic amines) is 1. The molecular formula is C26H33FN2O2. The molecule has 0 aliphatic carbocycles. The molecule has 166 valence electrons. The molecule has 4 rings (SSSR count). The van der Waals surface area contributed by atoms with Gasteiger partial charge in [-0.25, -0.2) is 4.39 Å². The zero-order valence-electron chi connectivity index (χ0n) is 18.2. The van der Waals surface area contributed by atoms with Crippen LogP contribution in [0, 0.1) is 11.7 Å². The van der Waals surface area contributed by atoms with E-state index in [9.17, 15) is 9.18 Å². The average Bonchev–Trinajstić information content (AvgIpc) is 3.30. The number of carbonyl (C=O) groups is 1. The number of carbonyl (C=O) groups excluding carboxylic acids is 1. The van der Waals surface area contributed by atoms with Crippen molar-refractivity contribution >= 4 is 5.91 Å². The molecule has 0 unspecified atom stereocenters. The molecule has 2 aromatic carbocycles. The molecule has 31 heavy (non-hydrogen) atoms. The monoisotopic (exact) mass is 424 g/mol. The number of ether oxygens (including phenoxy) is 1. The van der Waals surface area contributed by atoms with Gasteiger partial charge in [0.1, 0.15) is 5.82 Å². The first-order valence-corrected chi connectivity index (χ1v) is 11.6. The molecule has 0 radical (unpaired) electrons. The molecule has 4 nitrogen and oxygen atoms in total.